The molecule has 0 aromatic heterocycles. The lowest BCUT2D eigenvalue weighted by Gasteiger charge is -2.24. The van der Waals surface area contributed by atoms with Crippen LogP contribution in [0.5, 0.6) is 0 Å². The van der Waals surface area contributed by atoms with Crippen LogP contribution >= 0.6 is 15.9 Å². The van der Waals surface area contributed by atoms with Gasteiger partial charge in [0.2, 0.25) is 0 Å². The van der Waals surface area contributed by atoms with Gasteiger partial charge in [0.25, 0.3) is 0 Å². The maximum Gasteiger partial charge on any atom is 0.124 e. The van der Waals surface area contributed by atoms with Crippen molar-refractivity contribution >= 4 is 15.9 Å². The van der Waals surface area contributed by atoms with Crippen molar-refractivity contribution in [3.05, 3.63) is 45.7 Å². The molecule has 0 saturated carbocycles. The van der Waals surface area contributed by atoms with E-state index in [2.05, 4.69) is 34.2 Å². The maximum atomic E-state index is 13.7. The van der Waals surface area contributed by atoms with Crippen LogP contribution in [0, 0.1) is 5.82 Å². The quantitative estimate of drug-likeness (QED) is 0.712. The largest absolute Gasteiger partial charge is 0.307 e. The first-order valence-corrected chi connectivity index (χ1v) is 8.38. The Balaban J connectivity index is 2.28. The molecule has 3 heteroatoms. The summed E-state index contributed by atoms with van der Waals surface area (Å²) in [4.78, 5) is 0. The number of hydrogen-bond donors (Lipinski definition) is 1. The molecule has 0 spiro atoms. The molecule has 0 amide bonds. The summed E-state index contributed by atoms with van der Waals surface area (Å²) in [6, 6.07) is 5.33. The number of hydrogen-bond acceptors (Lipinski definition) is 1. The lowest BCUT2D eigenvalue weighted by atomic mass is 9.91. The number of allylic oxidation sites excluding steroid dienone is 1. The fraction of sp³-hybridized carbons (Fsp3) is 0.529. The van der Waals surface area contributed by atoms with Crippen molar-refractivity contribution < 1.29 is 4.39 Å². The predicted octanol–water partition coefficient (Wildman–Crippen LogP) is 5.52. The van der Waals surface area contributed by atoms with E-state index >= 15 is 0 Å². The zero-order valence-electron chi connectivity index (χ0n) is 12.1. The molecule has 20 heavy (non-hydrogen) atoms. The molecule has 0 saturated heterocycles. The van der Waals surface area contributed by atoms with E-state index < -0.39 is 0 Å². The molecule has 0 heterocycles. The van der Waals surface area contributed by atoms with Crippen molar-refractivity contribution in [1.82, 2.24) is 5.32 Å². The van der Waals surface area contributed by atoms with E-state index in [1.54, 1.807) is 6.07 Å². The zero-order chi connectivity index (χ0) is 14.4. The molecular weight excluding hydrogens is 317 g/mol. The minimum absolute atomic E-state index is 0.144. The third kappa shape index (κ3) is 4.42. The summed E-state index contributed by atoms with van der Waals surface area (Å²) in [5, 5.41) is 3.52. The second-order valence-electron chi connectivity index (χ2n) is 5.43. The van der Waals surface area contributed by atoms with E-state index in [0.717, 1.165) is 29.4 Å². The number of likely N-dealkylation sites (N-methyl/N-ethyl adjacent to an activating group) is 1. The average molecular weight is 340 g/mol. The van der Waals surface area contributed by atoms with Crippen molar-refractivity contribution in [2.75, 3.05) is 6.54 Å². The van der Waals surface area contributed by atoms with E-state index in [0.29, 0.717) is 0 Å². The SMILES string of the molecule is CCNC(/C1=C/CCCCCC1)c1cc(F)cc(Br)c1. The van der Waals surface area contributed by atoms with E-state index in [4.69, 9.17) is 0 Å². The van der Waals surface area contributed by atoms with Gasteiger partial charge in [0, 0.05) is 4.47 Å². The standard InChI is InChI=1S/C17H23BrFN/c1-2-20-17(13-8-6-4-3-5-7-9-13)14-10-15(18)12-16(19)11-14/h8,10-12,17,20H,2-7,9H2,1H3/b13-8+. The maximum absolute atomic E-state index is 13.7. The van der Waals surface area contributed by atoms with E-state index in [1.807, 2.05) is 6.07 Å². The minimum atomic E-state index is -0.177. The Hall–Kier alpha value is -0.670. The number of nitrogens with one attached hydrogen (secondary N) is 1. The molecule has 110 valence electrons. The minimum Gasteiger partial charge on any atom is -0.307 e. The summed E-state index contributed by atoms with van der Waals surface area (Å²) < 4.78 is 14.5. The molecule has 1 atom stereocenters. The Morgan fingerprint density at radius 3 is 2.75 bits per heavy atom. The summed E-state index contributed by atoms with van der Waals surface area (Å²) in [5.74, 6) is -0.177. The Morgan fingerprint density at radius 1 is 1.20 bits per heavy atom. The first kappa shape index (κ1) is 15.7. The molecule has 1 aromatic carbocycles. The summed E-state index contributed by atoms with van der Waals surface area (Å²) in [6.45, 7) is 2.99. The highest BCUT2D eigenvalue weighted by molar-refractivity contribution is 9.10. The first-order chi connectivity index (χ1) is 9.70. The van der Waals surface area contributed by atoms with Crippen molar-refractivity contribution in [2.24, 2.45) is 0 Å². The van der Waals surface area contributed by atoms with Gasteiger partial charge in [0.05, 0.1) is 6.04 Å². The number of benzene rings is 1. The lowest BCUT2D eigenvalue weighted by molar-refractivity contribution is 0.549. The molecule has 0 aliphatic heterocycles. The van der Waals surface area contributed by atoms with E-state index in [-0.39, 0.29) is 11.9 Å². The number of rotatable bonds is 4. The third-order valence-electron chi connectivity index (χ3n) is 3.82. The van der Waals surface area contributed by atoms with Crippen LogP contribution < -0.4 is 5.32 Å². The van der Waals surface area contributed by atoms with Crippen LogP contribution in [-0.2, 0) is 0 Å². The third-order valence-corrected chi connectivity index (χ3v) is 4.28. The van der Waals surface area contributed by atoms with Crippen LogP contribution in [-0.4, -0.2) is 6.54 Å². The van der Waals surface area contributed by atoms with Crippen molar-refractivity contribution in [3.8, 4) is 0 Å². The van der Waals surface area contributed by atoms with Gasteiger partial charge >= 0.3 is 0 Å². The molecular formula is C17H23BrFN. The smallest absolute Gasteiger partial charge is 0.124 e. The average Bonchev–Trinajstić information content (AvgIpc) is 2.35. The van der Waals surface area contributed by atoms with Crippen LogP contribution in [0.3, 0.4) is 0 Å². The van der Waals surface area contributed by atoms with Crippen molar-refractivity contribution in [2.45, 2.75) is 51.5 Å². The van der Waals surface area contributed by atoms with Gasteiger partial charge in [-0.2, -0.15) is 0 Å². The second kappa shape index (κ2) is 7.94. The van der Waals surface area contributed by atoms with Gasteiger partial charge < -0.3 is 5.32 Å². The number of halogens is 2. The topological polar surface area (TPSA) is 12.0 Å². The Kier molecular flexibility index (Phi) is 6.24. The second-order valence-corrected chi connectivity index (χ2v) is 6.34. The summed E-state index contributed by atoms with van der Waals surface area (Å²) >= 11 is 3.40. The Morgan fingerprint density at radius 2 is 2.00 bits per heavy atom. The zero-order valence-corrected chi connectivity index (χ0v) is 13.7. The molecule has 1 aromatic rings. The molecule has 1 aliphatic rings. The van der Waals surface area contributed by atoms with E-state index in [9.17, 15) is 4.39 Å². The van der Waals surface area contributed by atoms with Gasteiger partial charge in [-0.25, -0.2) is 4.39 Å². The monoisotopic (exact) mass is 339 g/mol. The summed E-state index contributed by atoms with van der Waals surface area (Å²) in [5.41, 5.74) is 2.44. The molecule has 1 unspecified atom stereocenters. The van der Waals surface area contributed by atoms with Crippen LogP contribution in [0.15, 0.2) is 34.3 Å². The highest BCUT2D eigenvalue weighted by atomic mass is 79.9. The fourth-order valence-corrected chi connectivity index (χ4v) is 3.37. The Bertz CT molecular complexity index is 450. The highest BCUT2D eigenvalue weighted by Gasteiger charge is 2.17. The molecule has 0 radical (unpaired) electrons. The molecule has 1 nitrogen and oxygen atoms in total. The van der Waals surface area contributed by atoms with Crippen LogP contribution in [0.4, 0.5) is 4.39 Å². The highest BCUT2D eigenvalue weighted by Crippen LogP contribution is 2.30. The normalized spacial score (nSPS) is 20.6. The van der Waals surface area contributed by atoms with Crippen LogP contribution in [0.2, 0.25) is 0 Å². The van der Waals surface area contributed by atoms with Gasteiger partial charge in [0.15, 0.2) is 0 Å². The predicted molar refractivity (Wildman–Crippen MR) is 86.3 cm³/mol. The van der Waals surface area contributed by atoms with E-state index in [1.165, 1.54) is 37.3 Å². The molecule has 0 bridgehead atoms. The van der Waals surface area contributed by atoms with Gasteiger partial charge in [-0.1, -0.05) is 47.3 Å². The molecule has 1 aliphatic carbocycles. The van der Waals surface area contributed by atoms with Gasteiger partial charge in [-0.3, -0.25) is 0 Å². The Labute approximate surface area is 129 Å². The van der Waals surface area contributed by atoms with Crippen molar-refractivity contribution in [1.29, 1.82) is 0 Å². The molecule has 0 fully saturated rings. The van der Waals surface area contributed by atoms with Crippen molar-refractivity contribution in [3.63, 3.8) is 0 Å². The van der Waals surface area contributed by atoms with Gasteiger partial charge in [-0.15, -0.1) is 0 Å². The van der Waals surface area contributed by atoms with Crippen LogP contribution in [0.1, 0.15) is 57.1 Å². The summed E-state index contributed by atoms with van der Waals surface area (Å²) in [6.07, 6.45) is 9.79. The summed E-state index contributed by atoms with van der Waals surface area (Å²) in [7, 11) is 0. The fourth-order valence-electron chi connectivity index (χ4n) is 2.89. The molecule has 1 N–H and O–H groups in total. The lowest BCUT2D eigenvalue weighted by Crippen LogP contribution is -2.23. The first-order valence-electron chi connectivity index (χ1n) is 7.59. The van der Waals surface area contributed by atoms with Gasteiger partial charge in [-0.05, 0) is 56.0 Å². The van der Waals surface area contributed by atoms with Crippen LogP contribution in [0.25, 0.3) is 0 Å². The molecule has 2 rings (SSSR count). The van der Waals surface area contributed by atoms with Gasteiger partial charge in [0.1, 0.15) is 5.82 Å².